The number of hydrogen-bond donors (Lipinski definition) is 1. The molecule has 1 atom stereocenters. The van der Waals surface area contributed by atoms with Crippen molar-refractivity contribution >= 4 is 17.6 Å². The van der Waals surface area contributed by atoms with E-state index in [1.807, 2.05) is 6.92 Å². The molecular formula is C8H15ClO3. The van der Waals surface area contributed by atoms with Crippen LogP contribution >= 0.6 is 11.6 Å². The summed E-state index contributed by atoms with van der Waals surface area (Å²) in [5, 5.41) is 8.64. The molecule has 0 spiro atoms. The second kappa shape index (κ2) is 7.37. The normalized spacial score (nSPS) is 12.6. The van der Waals surface area contributed by atoms with Gasteiger partial charge in [-0.1, -0.05) is 13.3 Å². The monoisotopic (exact) mass is 194 g/mol. The number of carbonyl (C=O) groups is 1. The average Bonchev–Trinajstić information content (AvgIpc) is 2.10. The molecule has 3 nitrogen and oxygen atoms in total. The molecule has 12 heavy (non-hydrogen) atoms. The Morgan fingerprint density at radius 3 is 2.75 bits per heavy atom. The van der Waals surface area contributed by atoms with Crippen molar-refractivity contribution in [2.75, 3.05) is 12.5 Å². The third kappa shape index (κ3) is 5.38. The Balaban J connectivity index is 3.52. The van der Waals surface area contributed by atoms with Gasteiger partial charge in [0.2, 0.25) is 0 Å². The average molecular weight is 195 g/mol. The zero-order chi connectivity index (χ0) is 9.40. The van der Waals surface area contributed by atoms with E-state index in [2.05, 4.69) is 0 Å². The van der Waals surface area contributed by atoms with Crippen LogP contribution in [0.25, 0.3) is 0 Å². The Morgan fingerprint density at radius 2 is 2.33 bits per heavy atom. The van der Waals surface area contributed by atoms with Crippen molar-refractivity contribution < 1.29 is 14.6 Å². The third-order valence-electron chi connectivity index (χ3n) is 1.41. The van der Waals surface area contributed by atoms with E-state index in [4.69, 9.17) is 21.4 Å². The van der Waals surface area contributed by atoms with Crippen LogP contribution in [0.5, 0.6) is 0 Å². The number of ether oxygens (including phenoxy) is 1. The molecule has 1 unspecified atom stereocenters. The minimum Gasteiger partial charge on any atom is -0.459 e. The summed E-state index contributed by atoms with van der Waals surface area (Å²) in [7, 11) is 0. The fraction of sp³-hybridized carbons (Fsp3) is 0.875. The molecular weight excluding hydrogens is 180 g/mol. The van der Waals surface area contributed by atoms with Crippen molar-refractivity contribution in [1.82, 2.24) is 0 Å². The maximum Gasteiger partial charge on any atom is 0.306 e. The highest BCUT2D eigenvalue weighted by molar-refractivity contribution is 6.18. The number of unbranched alkanes of at least 4 members (excludes halogenated alkanes) is 1. The Hall–Kier alpha value is -0.280. The molecule has 0 rings (SSSR count). The van der Waals surface area contributed by atoms with Gasteiger partial charge in [0.05, 0.1) is 12.5 Å². The molecule has 0 aliphatic rings. The van der Waals surface area contributed by atoms with E-state index in [1.54, 1.807) is 0 Å². The lowest BCUT2D eigenvalue weighted by atomic mass is 10.2. The molecule has 72 valence electrons. The SMILES string of the molecule is CCCCC(=O)OC(CO)CCl. The van der Waals surface area contributed by atoms with Gasteiger partial charge in [-0.25, -0.2) is 0 Å². The van der Waals surface area contributed by atoms with Crippen LogP contribution in [0.15, 0.2) is 0 Å². The zero-order valence-electron chi connectivity index (χ0n) is 7.25. The predicted molar refractivity (Wildman–Crippen MR) is 47.2 cm³/mol. The second-order valence-corrected chi connectivity index (χ2v) is 2.86. The number of halogens is 1. The van der Waals surface area contributed by atoms with Crippen molar-refractivity contribution in [3.8, 4) is 0 Å². The van der Waals surface area contributed by atoms with Gasteiger partial charge in [-0.2, -0.15) is 0 Å². The van der Waals surface area contributed by atoms with Crippen molar-refractivity contribution in [2.45, 2.75) is 32.3 Å². The van der Waals surface area contributed by atoms with Crippen LogP contribution in [-0.4, -0.2) is 29.7 Å². The molecule has 0 fully saturated rings. The minimum absolute atomic E-state index is 0.147. The van der Waals surface area contributed by atoms with Gasteiger partial charge in [-0.3, -0.25) is 4.79 Å². The second-order valence-electron chi connectivity index (χ2n) is 2.55. The van der Waals surface area contributed by atoms with Crippen LogP contribution < -0.4 is 0 Å². The largest absolute Gasteiger partial charge is 0.459 e. The molecule has 0 aromatic heterocycles. The molecule has 0 aliphatic carbocycles. The van der Waals surface area contributed by atoms with E-state index in [-0.39, 0.29) is 18.5 Å². The summed E-state index contributed by atoms with van der Waals surface area (Å²) >= 11 is 5.41. The number of aliphatic hydroxyl groups excluding tert-OH is 1. The third-order valence-corrected chi connectivity index (χ3v) is 1.75. The molecule has 0 saturated heterocycles. The van der Waals surface area contributed by atoms with Crippen LogP contribution in [0.2, 0.25) is 0 Å². The number of esters is 1. The minimum atomic E-state index is -0.545. The van der Waals surface area contributed by atoms with Gasteiger partial charge >= 0.3 is 5.97 Å². The van der Waals surface area contributed by atoms with Gasteiger partial charge < -0.3 is 9.84 Å². The Morgan fingerprint density at radius 1 is 1.67 bits per heavy atom. The lowest BCUT2D eigenvalue weighted by molar-refractivity contribution is -0.149. The van der Waals surface area contributed by atoms with Gasteiger partial charge in [-0.05, 0) is 6.42 Å². The Labute approximate surface area is 77.7 Å². The highest BCUT2D eigenvalue weighted by atomic mass is 35.5. The summed E-state index contributed by atoms with van der Waals surface area (Å²) in [5.41, 5.74) is 0. The van der Waals surface area contributed by atoms with Gasteiger partial charge in [0.25, 0.3) is 0 Å². The molecule has 0 heterocycles. The van der Waals surface area contributed by atoms with Crippen LogP contribution in [0.1, 0.15) is 26.2 Å². The van der Waals surface area contributed by atoms with Crippen molar-refractivity contribution in [2.24, 2.45) is 0 Å². The van der Waals surface area contributed by atoms with E-state index in [0.717, 1.165) is 12.8 Å². The summed E-state index contributed by atoms with van der Waals surface area (Å²) in [6, 6.07) is 0. The van der Waals surface area contributed by atoms with Crippen LogP contribution in [0.3, 0.4) is 0 Å². The quantitative estimate of drug-likeness (QED) is 0.513. The first-order valence-corrected chi connectivity index (χ1v) is 4.64. The number of aliphatic hydroxyl groups is 1. The lowest BCUT2D eigenvalue weighted by Gasteiger charge is -2.11. The van der Waals surface area contributed by atoms with E-state index < -0.39 is 6.10 Å². The van der Waals surface area contributed by atoms with Gasteiger partial charge in [0.1, 0.15) is 6.10 Å². The highest BCUT2D eigenvalue weighted by Crippen LogP contribution is 2.01. The maximum absolute atomic E-state index is 10.9. The fourth-order valence-electron chi connectivity index (χ4n) is 0.683. The molecule has 0 radical (unpaired) electrons. The highest BCUT2D eigenvalue weighted by Gasteiger charge is 2.10. The molecule has 0 aromatic rings. The standard InChI is InChI=1S/C8H15ClO3/c1-2-3-4-8(11)12-7(5-9)6-10/h7,10H,2-6H2,1H3. The van der Waals surface area contributed by atoms with Crippen LogP contribution in [0, 0.1) is 0 Å². The van der Waals surface area contributed by atoms with Crippen molar-refractivity contribution in [1.29, 1.82) is 0 Å². The van der Waals surface area contributed by atoms with Gasteiger partial charge in [0.15, 0.2) is 0 Å². The predicted octanol–water partition coefficient (Wildman–Crippen LogP) is 1.32. The summed E-state index contributed by atoms with van der Waals surface area (Å²) < 4.78 is 4.83. The maximum atomic E-state index is 10.9. The lowest BCUT2D eigenvalue weighted by Crippen LogP contribution is -2.23. The summed E-state index contributed by atoms with van der Waals surface area (Å²) in [6.45, 7) is 1.79. The molecule has 0 aliphatic heterocycles. The zero-order valence-corrected chi connectivity index (χ0v) is 8.01. The topological polar surface area (TPSA) is 46.5 Å². The van der Waals surface area contributed by atoms with E-state index in [1.165, 1.54) is 0 Å². The van der Waals surface area contributed by atoms with Crippen molar-refractivity contribution in [3.63, 3.8) is 0 Å². The molecule has 0 amide bonds. The van der Waals surface area contributed by atoms with Crippen molar-refractivity contribution in [3.05, 3.63) is 0 Å². The smallest absolute Gasteiger partial charge is 0.306 e. The molecule has 0 bridgehead atoms. The first kappa shape index (κ1) is 11.7. The van der Waals surface area contributed by atoms with Crippen LogP contribution in [0.4, 0.5) is 0 Å². The number of rotatable bonds is 6. The first-order chi connectivity index (χ1) is 5.74. The summed E-state index contributed by atoms with van der Waals surface area (Å²) in [6.07, 6.45) is 1.64. The molecule has 0 aromatic carbocycles. The molecule has 4 heteroatoms. The van der Waals surface area contributed by atoms with E-state index in [0.29, 0.717) is 6.42 Å². The Bertz CT molecular complexity index is 123. The number of alkyl halides is 1. The number of carbonyl (C=O) groups excluding carboxylic acids is 1. The Kier molecular flexibility index (Phi) is 7.20. The first-order valence-electron chi connectivity index (χ1n) is 4.10. The molecule has 1 N–H and O–H groups in total. The van der Waals surface area contributed by atoms with E-state index >= 15 is 0 Å². The van der Waals surface area contributed by atoms with E-state index in [9.17, 15) is 4.79 Å². The fourth-order valence-corrected chi connectivity index (χ4v) is 0.844. The number of hydrogen-bond acceptors (Lipinski definition) is 3. The van der Waals surface area contributed by atoms with Crippen LogP contribution in [-0.2, 0) is 9.53 Å². The summed E-state index contributed by atoms with van der Waals surface area (Å²) in [4.78, 5) is 10.9. The van der Waals surface area contributed by atoms with Gasteiger partial charge in [0, 0.05) is 6.42 Å². The van der Waals surface area contributed by atoms with Gasteiger partial charge in [-0.15, -0.1) is 11.6 Å². The summed E-state index contributed by atoms with van der Waals surface area (Å²) in [5.74, 6) is -0.134. The molecule has 0 saturated carbocycles.